The summed E-state index contributed by atoms with van der Waals surface area (Å²) in [5.41, 5.74) is 9.55. The largest absolute Gasteiger partial charge is 0.480 e. The second-order valence-corrected chi connectivity index (χ2v) is 6.56. The van der Waals surface area contributed by atoms with Gasteiger partial charge in [-0.1, -0.05) is 17.2 Å². The fourth-order valence-electron chi connectivity index (χ4n) is 2.07. The van der Waals surface area contributed by atoms with Gasteiger partial charge in [0.1, 0.15) is 26.0 Å². The molecule has 0 aliphatic carbocycles. The molecular formula is C18H26N6O6. The monoisotopic (exact) mass is 422 g/mol. The molecule has 164 valence electrons. The van der Waals surface area contributed by atoms with Gasteiger partial charge in [-0.15, -0.1) is 0 Å². The molecule has 1 aromatic rings. The summed E-state index contributed by atoms with van der Waals surface area (Å²) < 4.78 is 10.3. The van der Waals surface area contributed by atoms with Gasteiger partial charge >= 0.3 is 12.1 Å². The minimum atomic E-state index is -1.13. The van der Waals surface area contributed by atoms with Crippen LogP contribution in [0.15, 0.2) is 29.4 Å². The Morgan fingerprint density at radius 2 is 1.90 bits per heavy atom. The number of carboxylic acid groups (broad SMARTS) is 1. The fourth-order valence-corrected chi connectivity index (χ4v) is 2.07. The van der Waals surface area contributed by atoms with Crippen LogP contribution in [-0.4, -0.2) is 79.4 Å². The van der Waals surface area contributed by atoms with Crippen LogP contribution in [0.1, 0.15) is 12.5 Å². The lowest BCUT2D eigenvalue weighted by molar-refractivity contribution is -0.143. The van der Waals surface area contributed by atoms with Crippen LogP contribution in [0.2, 0.25) is 0 Å². The molecule has 1 aromatic carbocycles. The van der Waals surface area contributed by atoms with E-state index in [4.69, 9.17) is 20.1 Å². The van der Waals surface area contributed by atoms with Gasteiger partial charge in [0.2, 0.25) is 5.91 Å². The van der Waals surface area contributed by atoms with Crippen LogP contribution in [-0.2, 0) is 25.7 Å². The first-order valence-corrected chi connectivity index (χ1v) is 9.03. The average Bonchev–Trinajstić information content (AvgIpc) is 2.69. The van der Waals surface area contributed by atoms with Crippen molar-refractivity contribution < 1.29 is 29.0 Å². The van der Waals surface area contributed by atoms with Crippen LogP contribution >= 0.6 is 0 Å². The number of benzene rings is 1. The van der Waals surface area contributed by atoms with Gasteiger partial charge in [-0.3, -0.25) is 9.69 Å². The number of hydrogen-bond acceptors (Lipinski definition) is 7. The number of azide groups is 1. The summed E-state index contributed by atoms with van der Waals surface area (Å²) in [7, 11) is 3.69. The number of amides is 2. The number of likely N-dealkylation sites (N-methyl/N-ethyl adjacent to an activating group) is 1. The zero-order valence-electron chi connectivity index (χ0n) is 17.1. The van der Waals surface area contributed by atoms with Gasteiger partial charge in [-0.05, 0) is 44.2 Å². The molecule has 2 N–H and O–H groups in total. The summed E-state index contributed by atoms with van der Waals surface area (Å²) >= 11 is 0. The number of ether oxygens (including phenoxy) is 2. The molecule has 0 aliphatic heterocycles. The summed E-state index contributed by atoms with van der Waals surface area (Å²) in [4.78, 5) is 40.4. The van der Waals surface area contributed by atoms with Crippen LogP contribution in [0.25, 0.3) is 10.4 Å². The quantitative estimate of drug-likeness (QED) is 0.225. The maximum atomic E-state index is 12.3. The molecule has 1 atom stereocenters. The maximum absolute atomic E-state index is 12.3. The molecule has 0 fully saturated rings. The van der Waals surface area contributed by atoms with E-state index in [9.17, 15) is 14.4 Å². The molecular weight excluding hydrogens is 396 g/mol. The molecule has 0 spiro atoms. The third-order valence-corrected chi connectivity index (χ3v) is 3.74. The van der Waals surface area contributed by atoms with E-state index in [-0.39, 0.29) is 13.3 Å². The minimum absolute atomic E-state index is 0.0143. The lowest BCUT2D eigenvalue weighted by Crippen LogP contribution is -2.39. The first-order valence-electron chi connectivity index (χ1n) is 9.03. The summed E-state index contributed by atoms with van der Waals surface area (Å²) in [6.07, 6.45) is -0.636. The molecule has 2 amide bonds. The number of nitrogens with zero attached hydrogens (tertiary/aromatic N) is 5. The van der Waals surface area contributed by atoms with Crippen LogP contribution in [0, 0.1) is 0 Å². The van der Waals surface area contributed by atoms with E-state index in [1.807, 2.05) is 19.0 Å². The van der Waals surface area contributed by atoms with Crippen LogP contribution in [0.5, 0.6) is 0 Å². The molecule has 1 rings (SSSR count). The second-order valence-electron chi connectivity index (χ2n) is 6.56. The Balaban J connectivity index is 2.59. The number of rotatable bonds is 12. The minimum Gasteiger partial charge on any atom is -0.480 e. The Hall–Kier alpha value is -3.34. The highest BCUT2D eigenvalue weighted by molar-refractivity contribution is 5.94. The van der Waals surface area contributed by atoms with Gasteiger partial charge in [-0.25, -0.2) is 9.59 Å². The lowest BCUT2D eigenvalue weighted by Gasteiger charge is -2.23. The maximum Gasteiger partial charge on any atom is 0.411 e. The van der Waals surface area contributed by atoms with Crippen LogP contribution in [0.3, 0.4) is 0 Å². The second kappa shape index (κ2) is 13.0. The van der Waals surface area contributed by atoms with Crippen molar-refractivity contribution in [2.75, 3.05) is 45.8 Å². The molecule has 12 heteroatoms. The Morgan fingerprint density at radius 3 is 2.47 bits per heavy atom. The molecule has 0 saturated heterocycles. The summed E-state index contributed by atoms with van der Waals surface area (Å²) in [5, 5.41) is 14.6. The lowest BCUT2D eigenvalue weighted by atomic mass is 10.2. The van der Waals surface area contributed by atoms with Crippen molar-refractivity contribution in [3.05, 3.63) is 40.3 Å². The zero-order chi connectivity index (χ0) is 22.5. The van der Waals surface area contributed by atoms with Gasteiger partial charge in [0.05, 0.1) is 0 Å². The Labute approximate surface area is 174 Å². The number of carbonyl (C=O) groups excluding carboxylic acids is 2. The molecule has 0 bridgehead atoms. The van der Waals surface area contributed by atoms with Crippen molar-refractivity contribution in [2.45, 2.75) is 19.6 Å². The van der Waals surface area contributed by atoms with Gasteiger partial charge in [0, 0.05) is 23.7 Å². The molecule has 0 radical (unpaired) electrons. The van der Waals surface area contributed by atoms with E-state index in [1.54, 1.807) is 24.3 Å². The molecule has 12 nitrogen and oxygen atoms in total. The normalized spacial score (nSPS) is 11.3. The molecule has 0 heterocycles. The topological polar surface area (TPSA) is 157 Å². The Bertz CT molecular complexity index is 763. The van der Waals surface area contributed by atoms with Gasteiger partial charge in [0.15, 0.2) is 0 Å². The van der Waals surface area contributed by atoms with Gasteiger partial charge in [0.25, 0.3) is 0 Å². The van der Waals surface area contributed by atoms with E-state index in [0.29, 0.717) is 24.3 Å². The predicted molar refractivity (Wildman–Crippen MR) is 108 cm³/mol. The standard InChI is InChI=1S/C18H26N6O6/c1-13(21-22-19)17(27)20-15-6-4-14(5-7-15)10-30-18(28)24(9-8-23(2)3)12-29-11-16(25)26/h4-7,13H,8-12H2,1-3H3,(H,20,27)(H,25,26). The number of carbonyl (C=O) groups is 3. The van der Waals surface area contributed by atoms with Crippen LogP contribution in [0.4, 0.5) is 10.5 Å². The molecule has 0 aromatic heterocycles. The van der Waals surface area contributed by atoms with Crippen molar-refractivity contribution in [1.82, 2.24) is 9.80 Å². The summed E-state index contributed by atoms with van der Waals surface area (Å²) in [6.45, 7) is 1.60. The van der Waals surface area contributed by atoms with E-state index < -0.39 is 30.6 Å². The number of carboxylic acids is 1. The molecule has 0 aliphatic rings. The molecule has 1 unspecified atom stereocenters. The summed E-state index contributed by atoms with van der Waals surface area (Å²) in [6, 6.07) is 5.76. The first-order chi connectivity index (χ1) is 14.2. The number of aliphatic carboxylic acids is 1. The highest BCUT2D eigenvalue weighted by Gasteiger charge is 2.16. The highest BCUT2D eigenvalue weighted by Crippen LogP contribution is 2.12. The fraction of sp³-hybridized carbons (Fsp3) is 0.500. The first kappa shape index (κ1) is 24.7. The molecule has 30 heavy (non-hydrogen) atoms. The van der Waals surface area contributed by atoms with Gasteiger partial charge in [-0.2, -0.15) is 0 Å². The van der Waals surface area contributed by atoms with E-state index >= 15 is 0 Å². The van der Waals surface area contributed by atoms with Crippen molar-refractivity contribution >= 4 is 23.7 Å². The average molecular weight is 422 g/mol. The smallest absolute Gasteiger partial charge is 0.411 e. The van der Waals surface area contributed by atoms with Crippen molar-refractivity contribution in [2.24, 2.45) is 5.11 Å². The van der Waals surface area contributed by atoms with Gasteiger partial charge < -0.3 is 24.8 Å². The number of nitrogens with one attached hydrogen (secondary N) is 1. The van der Waals surface area contributed by atoms with E-state index in [0.717, 1.165) is 0 Å². The van der Waals surface area contributed by atoms with Crippen molar-refractivity contribution in [3.63, 3.8) is 0 Å². The number of anilines is 1. The zero-order valence-corrected chi connectivity index (χ0v) is 17.1. The Morgan fingerprint density at radius 1 is 1.23 bits per heavy atom. The highest BCUT2D eigenvalue weighted by atomic mass is 16.6. The summed E-state index contributed by atoms with van der Waals surface area (Å²) in [5.74, 6) is -1.57. The SMILES string of the molecule is CC(N=[N+]=[N-])C(=O)Nc1ccc(COC(=O)N(CCN(C)C)COCC(=O)O)cc1. The third kappa shape index (κ3) is 9.73. The van der Waals surface area contributed by atoms with E-state index in [1.165, 1.54) is 11.8 Å². The van der Waals surface area contributed by atoms with Crippen molar-refractivity contribution in [1.29, 1.82) is 0 Å². The number of hydrogen-bond donors (Lipinski definition) is 2. The third-order valence-electron chi connectivity index (χ3n) is 3.74. The van der Waals surface area contributed by atoms with E-state index in [2.05, 4.69) is 15.3 Å². The van der Waals surface area contributed by atoms with Crippen molar-refractivity contribution in [3.8, 4) is 0 Å². The Kier molecular flexibility index (Phi) is 10.7. The predicted octanol–water partition coefficient (Wildman–Crippen LogP) is 1.88. The molecule has 0 saturated carbocycles. The van der Waals surface area contributed by atoms with Crippen LogP contribution < -0.4 is 5.32 Å².